The highest BCUT2D eigenvalue weighted by atomic mass is 79.9. The molecule has 2 N–H and O–H groups in total. The normalized spacial score (nSPS) is 19.4. The number of halogens is 1. The Morgan fingerprint density at radius 2 is 2.00 bits per heavy atom. The zero-order valence-electron chi connectivity index (χ0n) is 12.3. The number of piperidine rings is 1. The van der Waals surface area contributed by atoms with E-state index >= 15 is 0 Å². The maximum absolute atomic E-state index is 12.7. The Balaban J connectivity index is 2.19. The molecule has 0 spiro atoms. The molecule has 1 saturated heterocycles. The number of hydrogen-bond acceptors (Lipinski definition) is 4. The fourth-order valence-electron chi connectivity index (χ4n) is 2.59. The molecule has 1 aliphatic rings. The van der Waals surface area contributed by atoms with Crippen molar-refractivity contribution in [1.29, 1.82) is 0 Å². The van der Waals surface area contributed by atoms with Gasteiger partial charge in [0.15, 0.2) is 0 Å². The summed E-state index contributed by atoms with van der Waals surface area (Å²) in [4.78, 5) is 0.266. The SMILES string of the molecule is COc1cc(S(=O)(=O)N2CCC(C(C)N)CC2)ccc1Br. The average Bonchev–Trinajstić information content (AvgIpc) is 2.47. The highest BCUT2D eigenvalue weighted by molar-refractivity contribution is 9.10. The van der Waals surface area contributed by atoms with Gasteiger partial charge in [-0.3, -0.25) is 0 Å². The summed E-state index contributed by atoms with van der Waals surface area (Å²) >= 11 is 3.33. The first-order valence-electron chi connectivity index (χ1n) is 6.95. The Hall–Kier alpha value is -0.630. The molecule has 0 bridgehead atoms. The van der Waals surface area contributed by atoms with Gasteiger partial charge in [0.1, 0.15) is 5.75 Å². The molecule has 1 heterocycles. The molecule has 1 aromatic rings. The van der Waals surface area contributed by atoms with Crippen LogP contribution in [-0.2, 0) is 10.0 Å². The van der Waals surface area contributed by atoms with Gasteiger partial charge in [0.2, 0.25) is 10.0 Å². The molecule has 1 aromatic carbocycles. The van der Waals surface area contributed by atoms with Crippen molar-refractivity contribution >= 4 is 26.0 Å². The summed E-state index contributed by atoms with van der Waals surface area (Å²) in [7, 11) is -1.95. The topological polar surface area (TPSA) is 72.6 Å². The van der Waals surface area contributed by atoms with Gasteiger partial charge < -0.3 is 10.5 Å². The lowest BCUT2D eigenvalue weighted by Gasteiger charge is -2.33. The molecule has 1 aliphatic heterocycles. The second kappa shape index (κ2) is 6.64. The summed E-state index contributed by atoms with van der Waals surface area (Å²) in [5, 5.41) is 0. The summed E-state index contributed by atoms with van der Waals surface area (Å²) in [6.07, 6.45) is 1.62. The lowest BCUT2D eigenvalue weighted by atomic mass is 9.92. The maximum Gasteiger partial charge on any atom is 0.243 e. The Kier molecular flexibility index (Phi) is 5.29. The molecule has 0 aliphatic carbocycles. The highest BCUT2D eigenvalue weighted by Crippen LogP contribution is 2.30. The smallest absolute Gasteiger partial charge is 0.243 e. The van der Waals surface area contributed by atoms with E-state index in [0.717, 1.165) is 17.3 Å². The summed E-state index contributed by atoms with van der Waals surface area (Å²) in [5.41, 5.74) is 5.90. The van der Waals surface area contributed by atoms with Crippen LogP contribution in [0.3, 0.4) is 0 Å². The first-order chi connectivity index (χ1) is 9.86. The Morgan fingerprint density at radius 3 is 2.52 bits per heavy atom. The monoisotopic (exact) mass is 376 g/mol. The van der Waals surface area contributed by atoms with Crippen LogP contribution >= 0.6 is 15.9 Å². The first-order valence-corrected chi connectivity index (χ1v) is 9.19. The molecule has 2 rings (SSSR count). The molecule has 1 atom stereocenters. The van der Waals surface area contributed by atoms with E-state index in [2.05, 4.69) is 15.9 Å². The maximum atomic E-state index is 12.7. The zero-order chi connectivity index (χ0) is 15.6. The molecule has 21 heavy (non-hydrogen) atoms. The Morgan fingerprint density at radius 1 is 1.38 bits per heavy atom. The number of nitrogens with two attached hydrogens (primary N) is 1. The minimum absolute atomic E-state index is 0.114. The number of nitrogens with zero attached hydrogens (tertiary/aromatic N) is 1. The molecule has 118 valence electrons. The van der Waals surface area contributed by atoms with Gasteiger partial charge in [-0.05, 0) is 53.7 Å². The van der Waals surface area contributed by atoms with Crippen molar-refractivity contribution in [3.63, 3.8) is 0 Å². The summed E-state index contributed by atoms with van der Waals surface area (Å²) in [5.74, 6) is 0.914. The van der Waals surface area contributed by atoms with E-state index in [9.17, 15) is 8.42 Å². The Labute approximate surface area is 134 Å². The lowest BCUT2D eigenvalue weighted by molar-refractivity contribution is 0.250. The molecule has 1 unspecified atom stereocenters. The molecular formula is C14H21BrN2O3S. The third-order valence-corrected chi connectivity index (χ3v) is 6.55. The third-order valence-electron chi connectivity index (χ3n) is 4.00. The number of rotatable bonds is 4. The van der Waals surface area contributed by atoms with Crippen LogP contribution in [0.15, 0.2) is 27.6 Å². The quantitative estimate of drug-likeness (QED) is 0.873. The predicted octanol–water partition coefficient (Wildman–Crippen LogP) is 2.21. The summed E-state index contributed by atoms with van der Waals surface area (Å²) in [6.45, 7) is 3.02. The van der Waals surface area contributed by atoms with E-state index in [-0.39, 0.29) is 10.9 Å². The molecule has 7 heteroatoms. The minimum Gasteiger partial charge on any atom is -0.496 e. The van der Waals surface area contributed by atoms with E-state index in [1.165, 1.54) is 11.4 Å². The third kappa shape index (κ3) is 3.59. The van der Waals surface area contributed by atoms with Crippen LogP contribution in [0.2, 0.25) is 0 Å². The molecule has 0 saturated carbocycles. The minimum atomic E-state index is -3.47. The second-order valence-electron chi connectivity index (χ2n) is 5.40. The standard InChI is InChI=1S/C14H21BrN2O3S/c1-10(16)11-5-7-17(8-6-11)21(18,19)12-3-4-13(15)14(9-12)20-2/h3-4,9-11H,5-8,16H2,1-2H3. The van der Waals surface area contributed by atoms with Gasteiger partial charge >= 0.3 is 0 Å². The largest absolute Gasteiger partial charge is 0.496 e. The number of hydrogen-bond donors (Lipinski definition) is 1. The fourth-order valence-corrected chi connectivity index (χ4v) is 4.49. The summed E-state index contributed by atoms with van der Waals surface area (Å²) < 4.78 is 32.8. The first kappa shape index (κ1) is 16.7. The van der Waals surface area contributed by atoms with Crippen molar-refractivity contribution in [1.82, 2.24) is 4.31 Å². The van der Waals surface area contributed by atoms with Crippen molar-refractivity contribution in [2.45, 2.75) is 30.7 Å². The van der Waals surface area contributed by atoms with Gasteiger partial charge in [-0.2, -0.15) is 4.31 Å². The van der Waals surface area contributed by atoms with E-state index < -0.39 is 10.0 Å². The second-order valence-corrected chi connectivity index (χ2v) is 8.19. The predicted molar refractivity (Wildman–Crippen MR) is 85.8 cm³/mol. The molecule has 5 nitrogen and oxygen atoms in total. The van der Waals surface area contributed by atoms with E-state index in [1.807, 2.05) is 6.92 Å². The zero-order valence-corrected chi connectivity index (χ0v) is 14.7. The van der Waals surface area contributed by atoms with Gasteiger partial charge in [0.05, 0.1) is 16.5 Å². The van der Waals surface area contributed by atoms with Crippen molar-refractivity contribution in [3.05, 3.63) is 22.7 Å². The fraction of sp³-hybridized carbons (Fsp3) is 0.571. The van der Waals surface area contributed by atoms with Gasteiger partial charge in [-0.25, -0.2) is 8.42 Å². The number of methoxy groups -OCH3 is 1. The Bertz CT molecular complexity index is 596. The van der Waals surface area contributed by atoms with Crippen LogP contribution in [0.1, 0.15) is 19.8 Å². The van der Waals surface area contributed by atoms with Crippen LogP contribution in [0.4, 0.5) is 0 Å². The van der Waals surface area contributed by atoms with E-state index in [4.69, 9.17) is 10.5 Å². The molecule has 0 radical (unpaired) electrons. The van der Waals surface area contributed by atoms with Crippen molar-refractivity contribution in [2.75, 3.05) is 20.2 Å². The molecule has 0 aromatic heterocycles. The molecule has 0 amide bonds. The molecular weight excluding hydrogens is 356 g/mol. The van der Waals surface area contributed by atoms with Crippen LogP contribution in [0, 0.1) is 5.92 Å². The van der Waals surface area contributed by atoms with Crippen LogP contribution in [0.25, 0.3) is 0 Å². The van der Waals surface area contributed by atoms with Gasteiger partial charge in [-0.15, -0.1) is 0 Å². The van der Waals surface area contributed by atoms with Gasteiger partial charge in [0.25, 0.3) is 0 Å². The van der Waals surface area contributed by atoms with Crippen molar-refractivity contribution in [2.24, 2.45) is 11.7 Å². The van der Waals surface area contributed by atoms with Crippen molar-refractivity contribution < 1.29 is 13.2 Å². The van der Waals surface area contributed by atoms with E-state index in [1.54, 1.807) is 18.2 Å². The van der Waals surface area contributed by atoms with Crippen LogP contribution in [0.5, 0.6) is 5.75 Å². The van der Waals surface area contributed by atoms with E-state index in [0.29, 0.717) is 24.8 Å². The van der Waals surface area contributed by atoms with Gasteiger partial charge in [-0.1, -0.05) is 0 Å². The van der Waals surface area contributed by atoms with Crippen molar-refractivity contribution in [3.8, 4) is 5.75 Å². The number of benzene rings is 1. The number of sulfonamides is 1. The van der Waals surface area contributed by atoms with Gasteiger partial charge in [0, 0.05) is 25.2 Å². The lowest BCUT2D eigenvalue weighted by Crippen LogP contribution is -2.42. The van der Waals surface area contributed by atoms with Crippen LogP contribution < -0.4 is 10.5 Å². The highest BCUT2D eigenvalue weighted by Gasteiger charge is 2.30. The van der Waals surface area contributed by atoms with Crippen LogP contribution in [-0.4, -0.2) is 39.0 Å². The summed E-state index contributed by atoms with van der Waals surface area (Å²) in [6, 6.07) is 4.96. The molecule has 1 fully saturated rings. The average molecular weight is 377 g/mol. The number of ether oxygens (including phenoxy) is 1.